The third kappa shape index (κ3) is 7.64. The minimum absolute atomic E-state index is 0.0839. The summed E-state index contributed by atoms with van der Waals surface area (Å²) >= 11 is 0. The van der Waals surface area contributed by atoms with Crippen LogP contribution in [0.3, 0.4) is 0 Å². The number of nitrogens with one attached hydrogen (secondary N) is 2. The molecule has 0 radical (unpaired) electrons. The number of quaternary nitrogens is 1. The van der Waals surface area contributed by atoms with Gasteiger partial charge in [-0.25, -0.2) is 9.59 Å². The van der Waals surface area contributed by atoms with Crippen LogP contribution >= 0.6 is 0 Å². The van der Waals surface area contributed by atoms with E-state index in [1.165, 1.54) is 9.80 Å². The fraction of sp³-hybridized carbons (Fsp3) is 0.864. The van der Waals surface area contributed by atoms with Crippen molar-refractivity contribution < 1.29 is 24.0 Å². The van der Waals surface area contributed by atoms with E-state index in [1.807, 2.05) is 16.7 Å². The molecule has 2 aliphatic heterocycles. The van der Waals surface area contributed by atoms with Gasteiger partial charge in [-0.15, -0.1) is 0 Å². The van der Waals surface area contributed by atoms with Crippen molar-refractivity contribution in [3.05, 3.63) is 0 Å². The Morgan fingerprint density at radius 2 is 1.77 bits per heavy atom. The molecule has 2 fully saturated rings. The minimum Gasteiger partial charge on any atom is -0.378 e. The number of ether oxygens (including phenoxy) is 1. The first kappa shape index (κ1) is 25.4. The first-order valence-corrected chi connectivity index (χ1v) is 11.9. The summed E-state index contributed by atoms with van der Waals surface area (Å²) < 4.78 is 5.35. The second kappa shape index (κ2) is 12.9. The van der Waals surface area contributed by atoms with Crippen LogP contribution in [0.2, 0.25) is 0 Å². The summed E-state index contributed by atoms with van der Waals surface area (Å²) in [5, 5.41) is 2.87. The Bertz CT molecular complexity index is 594. The van der Waals surface area contributed by atoms with Gasteiger partial charge in [0.2, 0.25) is 5.91 Å². The second-order valence-corrected chi connectivity index (χ2v) is 8.93. The van der Waals surface area contributed by atoms with Crippen molar-refractivity contribution in [3.8, 4) is 0 Å². The molecule has 0 unspecified atom stereocenters. The quantitative estimate of drug-likeness (QED) is 0.531. The SMILES string of the molecule is CC[C@H]1CN(C(=O)N2CCOCC2)CC[C@H]1CC(=O)N(CC)C(=O)NCCC[NH+](C)C. The van der Waals surface area contributed by atoms with Gasteiger partial charge in [0.15, 0.2) is 0 Å². The van der Waals surface area contributed by atoms with E-state index in [9.17, 15) is 14.4 Å². The van der Waals surface area contributed by atoms with Gasteiger partial charge in [-0.2, -0.15) is 0 Å². The van der Waals surface area contributed by atoms with Gasteiger partial charge in [0.1, 0.15) is 0 Å². The van der Waals surface area contributed by atoms with E-state index < -0.39 is 0 Å². The van der Waals surface area contributed by atoms with Crippen molar-refractivity contribution in [1.29, 1.82) is 0 Å². The van der Waals surface area contributed by atoms with Crippen molar-refractivity contribution in [1.82, 2.24) is 20.0 Å². The maximum atomic E-state index is 12.9. The van der Waals surface area contributed by atoms with Gasteiger partial charge < -0.3 is 24.8 Å². The average molecular weight is 441 g/mol. The van der Waals surface area contributed by atoms with Gasteiger partial charge in [-0.1, -0.05) is 13.3 Å². The molecule has 5 amide bonds. The van der Waals surface area contributed by atoms with E-state index in [2.05, 4.69) is 26.3 Å². The van der Waals surface area contributed by atoms with E-state index in [1.54, 1.807) is 0 Å². The van der Waals surface area contributed by atoms with Crippen LogP contribution in [0.15, 0.2) is 0 Å². The van der Waals surface area contributed by atoms with Gasteiger partial charge in [0, 0.05) is 52.1 Å². The molecule has 0 bridgehead atoms. The van der Waals surface area contributed by atoms with E-state index in [0.717, 1.165) is 25.8 Å². The van der Waals surface area contributed by atoms with Crippen LogP contribution in [0.25, 0.3) is 0 Å². The van der Waals surface area contributed by atoms with E-state index in [4.69, 9.17) is 4.74 Å². The summed E-state index contributed by atoms with van der Waals surface area (Å²) in [5.41, 5.74) is 0. The average Bonchev–Trinajstić information content (AvgIpc) is 2.77. The van der Waals surface area contributed by atoms with Gasteiger partial charge in [0.05, 0.1) is 33.9 Å². The largest absolute Gasteiger partial charge is 0.378 e. The monoisotopic (exact) mass is 440 g/mol. The maximum Gasteiger partial charge on any atom is 0.324 e. The Hall–Kier alpha value is -1.87. The molecule has 2 saturated heterocycles. The highest BCUT2D eigenvalue weighted by Gasteiger charge is 2.35. The molecule has 0 aromatic heterocycles. The smallest absolute Gasteiger partial charge is 0.324 e. The third-order valence-corrected chi connectivity index (χ3v) is 6.40. The molecule has 0 saturated carbocycles. The molecule has 0 aromatic rings. The molecule has 2 rings (SSSR count). The molecule has 2 aliphatic rings. The fourth-order valence-electron chi connectivity index (χ4n) is 4.44. The number of morpholine rings is 1. The molecular weight excluding hydrogens is 398 g/mol. The Morgan fingerprint density at radius 1 is 1.06 bits per heavy atom. The highest BCUT2D eigenvalue weighted by Crippen LogP contribution is 2.30. The van der Waals surface area contributed by atoms with E-state index in [-0.39, 0.29) is 29.8 Å². The number of amides is 5. The zero-order chi connectivity index (χ0) is 22.8. The summed E-state index contributed by atoms with van der Waals surface area (Å²) in [6, 6.07) is -0.213. The van der Waals surface area contributed by atoms with Crippen LogP contribution in [-0.4, -0.2) is 106 Å². The lowest BCUT2D eigenvalue weighted by atomic mass is 9.81. The lowest BCUT2D eigenvalue weighted by Crippen LogP contribution is -3.05. The predicted octanol–water partition coefficient (Wildman–Crippen LogP) is 0.270. The van der Waals surface area contributed by atoms with Crippen LogP contribution in [0.1, 0.15) is 39.5 Å². The number of imide groups is 1. The van der Waals surface area contributed by atoms with Crippen LogP contribution in [0.5, 0.6) is 0 Å². The highest BCUT2D eigenvalue weighted by molar-refractivity contribution is 5.94. The Balaban J connectivity index is 1.85. The number of hydrogen-bond donors (Lipinski definition) is 2. The molecule has 0 aliphatic carbocycles. The lowest BCUT2D eigenvalue weighted by molar-refractivity contribution is -0.858. The zero-order valence-electron chi connectivity index (χ0n) is 19.8. The number of nitrogens with zero attached hydrogens (tertiary/aromatic N) is 3. The number of urea groups is 2. The third-order valence-electron chi connectivity index (χ3n) is 6.40. The molecular formula is C22H42N5O4+. The number of likely N-dealkylation sites (tertiary alicyclic amines) is 1. The first-order chi connectivity index (χ1) is 14.9. The molecule has 0 spiro atoms. The van der Waals surface area contributed by atoms with Crippen LogP contribution in [0.4, 0.5) is 9.59 Å². The van der Waals surface area contributed by atoms with Crippen molar-refractivity contribution >= 4 is 18.0 Å². The molecule has 9 heteroatoms. The fourth-order valence-corrected chi connectivity index (χ4v) is 4.44. The normalized spacial score (nSPS) is 21.8. The van der Waals surface area contributed by atoms with Gasteiger partial charge in [0.25, 0.3) is 0 Å². The van der Waals surface area contributed by atoms with Crippen molar-refractivity contribution in [2.75, 3.05) is 73.1 Å². The maximum absolute atomic E-state index is 12.9. The zero-order valence-corrected chi connectivity index (χ0v) is 19.8. The molecule has 9 nitrogen and oxygen atoms in total. The summed E-state index contributed by atoms with van der Waals surface area (Å²) in [5.74, 6) is 0.354. The standard InChI is InChI=1S/C22H41N5O4/c1-5-18-17-26(22(30)25-12-14-31-15-13-25)11-8-19(18)16-20(28)27(6-2)21(29)23-9-7-10-24(3)4/h18-19H,5-17H2,1-4H3,(H,23,29)/p+1/t18-,19-/m0/s1. The number of carbonyl (C=O) groups excluding carboxylic acids is 3. The van der Waals surface area contributed by atoms with Gasteiger partial charge in [-0.3, -0.25) is 9.69 Å². The summed E-state index contributed by atoms with van der Waals surface area (Å²) in [6.07, 6.45) is 2.95. The number of rotatable bonds is 8. The van der Waals surface area contributed by atoms with Crippen LogP contribution in [-0.2, 0) is 9.53 Å². The number of piperidine rings is 1. The lowest BCUT2D eigenvalue weighted by Gasteiger charge is -2.41. The van der Waals surface area contributed by atoms with Crippen molar-refractivity contribution in [2.45, 2.75) is 39.5 Å². The Morgan fingerprint density at radius 3 is 2.39 bits per heavy atom. The highest BCUT2D eigenvalue weighted by atomic mass is 16.5. The van der Waals surface area contributed by atoms with Crippen molar-refractivity contribution in [2.24, 2.45) is 11.8 Å². The molecule has 2 N–H and O–H groups in total. The topological polar surface area (TPSA) is 86.6 Å². The molecule has 178 valence electrons. The summed E-state index contributed by atoms with van der Waals surface area (Å²) in [4.78, 5) is 44.7. The first-order valence-electron chi connectivity index (χ1n) is 11.9. The molecule has 2 heterocycles. The van der Waals surface area contributed by atoms with Crippen LogP contribution in [0, 0.1) is 11.8 Å². The molecule has 2 atom stereocenters. The Labute approximate surface area is 187 Å². The predicted molar refractivity (Wildman–Crippen MR) is 119 cm³/mol. The number of carbonyl (C=O) groups is 3. The van der Waals surface area contributed by atoms with Gasteiger partial charge >= 0.3 is 12.1 Å². The van der Waals surface area contributed by atoms with Crippen molar-refractivity contribution in [3.63, 3.8) is 0 Å². The Kier molecular flexibility index (Phi) is 10.5. The summed E-state index contributed by atoms with van der Waals surface area (Å²) in [7, 11) is 4.15. The van der Waals surface area contributed by atoms with E-state index >= 15 is 0 Å². The van der Waals surface area contributed by atoms with Crippen LogP contribution < -0.4 is 10.2 Å². The minimum atomic E-state index is -0.297. The molecule has 0 aromatic carbocycles. The second-order valence-electron chi connectivity index (χ2n) is 8.93. The molecule has 31 heavy (non-hydrogen) atoms. The number of hydrogen-bond acceptors (Lipinski definition) is 4. The van der Waals surface area contributed by atoms with E-state index in [0.29, 0.717) is 58.9 Å². The summed E-state index contributed by atoms with van der Waals surface area (Å²) in [6.45, 7) is 9.69. The van der Waals surface area contributed by atoms with Gasteiger partial charge in [-0.05, 0) is 25.2 Å².